The van der Waals surface area contributed by atoms with Gasteiger partial charge in [-0.1, -0.05) is 23.8 Å². The first-order valence-electron chi connectivity index (χ1n) is 5.91. The molecule has 104 valence electrons. The topological polar surface area (TPSA) is 55.2 Å². The van der Waals surface area contributed by atoms with Crippen LogP contribution >= 0.6 is 0 Å². The summed E-state index contributed by atoms with van der Waals surface area (Å²) in [6, 6.07) is 8.09. The lowest BCUT2D eigenvalue weighted by atomic mass is 10.1. The van der Waals surface area contributed by atoms with Crippen molar-refractivity contribution < 1.29 is 13.7 Å². The van der Waals surface area contributed by atoms with Gasteiger partial charge in [-0.15, -0.1) is 0 Å². The molecule has 0 radical (unpaired) electrons. The standard InChI is InChI=1S/C14H12F2N2O2/c1-9-5-6-11(15)10(7-9)8-17-14-12(16)3-2-4-13(14)18(19)20/h2-7,17H,8H2,1H3. The molecular weight excluding hydrogens is 266 g/mol. The Morgan fingerprint density at radius 2 is 1.95 bits per heavy atom. The van der Waals surface area contributed by atoms with Crippen LogP contribution in [0.15, 0.2) is 36.4 Å². The van der Waals surface area contributed by atoms with Gasteiger partial charge >= 0.3 is 0 Å². The van der Waals surface area contributed by atoms with E-state index in [1.807, 2.05) is 0 Å². The molecule has 4 nitrogen and oxygen atoms in total. The molecule has 6 heteroatoms. The van der Waals surface area contributed by atoms with Crippen LogP contribution < -0.4 is 5.32 Å². The molecule has 0 saturated carbocycles. The zero-order valence-electron chi connectivity index (χ0n) is 10.7. The van der Waals surface area contributed by atoms with E-state index >= 15 is 0 Å². The predicted molar refractivity (Wildman–Crippen MR) is 71.5 cm³/mol. The number of anilines is 1. The molecule has 0 bridgehead atoms. The third kappa shape index (κ3) is 2.90. The van der Waals surface area contributed by atoms with E-state index in [1.54, 1.807) is 19.1 Å². The maximum absolute atomic E-state index is 13.6. The average molecular weight is 278 g/mol. The van der Waals surface area contributed by atoms with Crippen LogP contribution in [0.1, 0.15) is 11.1 Å². The Kier molecular flexibility index (Phi) is 3.93. The summed E-state index contributed by atoms with van der Waals surface area (Å²) in [5, 5.41) is 13.4. The van der Waals surface area contributed by atoms with Gasteiger partial charge in [-0.2, -0.15) is 0 Å². The van der Waals surface area contributed by atoms with Crippen molar-refractivity contribution in [2.24, 2.45) is 0 Å². The smallest absolute Gasteiger partial charge is 0.295 e. The van der Waals surface area contributed by atoms with Crippen LogP contribution in [0.3, 0.4) is 0 Å². The summed E-state index contributed by atoms with van der Waals surface area (Å²) in [7, 11) is 0. The van der Waals surface area contributed by atoms with Crippen molar-refractivity contribution >= 4 is 11.4 Å². The number of nitro benzene ring substituents is 1. The second kappa shape index (κ2) is 5.64. The van der Waals surface area contributed by atoms with Crippen LogP contribution in [0.25, 0.3) is 0 Å². The molecule has 0 amide bonds. The van der Waals surface area contributed by atoms with Crippen LogP contribution in [-0.2, 0) is 6.54 Å². The second-order valence-corrected chi connectivity index (χ2v) is 4.34. The molecule has 0 fully saturated rings. The van der Waals surface area contributed by atoms with Crippen LogP contribution in [-0.4, -0.2) is 4.92 Å². The minimum atomic E-state index is -0.743. The molecule has 0 aromatic heterocycles. The summed E-state index contributed by atoms with van der Waals surface area (Å²) in [4.78, 5) is 10.1. The van der Waals surface area contributed by atoms with Crippen molar-refractivity contribution in [2.45, 2.75) is 13.5 Å². The minimum Gasteiger partial charge on any atom is -0.373 e. The predicted octanol–water partition coefficient (Wildman–Crippen LogP) is 3.79. The van der Waals surface area contributed by atoms with Gasteiger partial charge in [-0.3, -0.25) is 10.1 Å². The molecule has 2 aromatic rings. The fourth-order valence-corrected chi connectivity index (χ4v) is 1.86. The van der Waals surface area contributed by atoms with Crippen LogP contribution in [0.2, 0.25) is 0 Å². The summed E-state index contributed by atoms with van der Waals surface area (Å²) in [6.45, 7) is 1.77. The summed E-state index contributed by atoms with van der Waals surface area (Å²) in [5.41, 5.74) is 0.560. The Bertz CT molecular complexity index is 660. The number of nitrogens with zero attached hydrogens (tertiary/aromatic N) is 1. The summed E-state index contributed by atoms with van der Waals surface area (Å²) in [6.07, 6.45) is 0. The molecule has 0 heterocycles. The Labute approximate surface area is 114 Å². The Morgan fingerprint density at radius 3 is 2.65 bits per heavy atom. The maximum atomic E-state index is 13.6. The highest BCUT2D eigenvalue weighted by Gasteiger charge is 2.17. The van der Waals surface area contributed by atoms with E-state index in [2.05, 4.69) is 5.32 Å². The fraction of sp³-hybridized carbons (Fsp3) is 0.143. The average Bonchev–Trinajstić information content (AvgIpc) is 2.40. The van der Waals surface area contributed by atoms with Crippen LogP contribution in [0.5, 0.6) is 0 Å². The van der Waals surface area contributed by atoms with Crippen molar-refractivity contribution in [1.29, 1.82) is 0 Å². The molecule has 0 aliphatic carbocycles. The van der Waals surface area contributed by atoms with E-state index < -0.39 is 16.6 Å². The van der Waals surface area contributed by atoms with Gasteiger partial charge in [0.05, 0.1) is 4.92 Å². The lowest BCUT2D eigenvalue weighted by Gasteiger charge is -2.09. The highest BCUT2D eigenvalue weighted by Crippen LogP contribution is 2.27. The summed E-state index contributed by atoms with van der Waals surface area (Å²) < 4.78 is 27.2. The van der Waals surface area contributed by atoms with E-state index in [4.69, 9.17) is 0 Å². The largest absolute Gasteiger partial charge is 0.373 e. The molecular formula is C14H12F2N2O2. The zero-order valence-corrected chi connectivity index (χ0v) is 10.7. The lowest BCUT2D eigenvalue weighted by molar-refractivity contribution is -0.384. The van der Waals surface area contributed by atoms with Crippen molar-refractivity contribution in [1.82, 2.24) is 0 Å². The van der Waals surface area contributed by atoms with Gasteiger partial charge in [-0.25, -0.2) is 8.78 Å². The highest BCUT2D eigenvalue weighted by molar-refractivity contribution is 5.62. The van der Waals surface area contributed by atoms with Gasteiger partial charge in [0, 0.05) is 18.2 Å². The van der Waals surface area contributed by atoms with Crippen molar-refractivity contribution in [3.8, 4) is 0 Å². The number of aryl methyl sites for hydroxylation is 1. The molecule has 2 aromatic carbocycles. The number of para-hydroxylation sites is 1. The molecule has 0 atom stereocenters. The van der Waals surface area contributed by atoms with Crippen molar-refractivity contribution in [3.63, 3.8) is 0 Å². The third-order valence-electron chi connectivity index (χ3n) is 2.85. The van der Waals surface area contributed by atoms with Gasteiger partial charge in [0.25, 0.3) is 5.69 Å². The lowest BCUT2D eigenvalue weighted by Crippen LogP contribution is -2.06. The molecule has 0 aliphatic rings. The molecule has 2 rings (SSSR count). The maximum Gasteiger partial charge on any atom is 0.295 e. The van der Waals surface area contributed by atoms with E-state index in [0.717, 1.165) is 11.6 Å². The first-order valence-corrected chi connectivity index (χ1v) is 5.91. The fourth-order valence-electron chi connectivity index (χ4n) is 1.86. The number of nitrogens with one attached hydrogen (secondary N) is 1. The van der Waals surface area contributed by atoms with Gasteiger partial charge < -0.3 is 5.32 Å². The molecule has 0 spiro atoms. The Morgan fingerprint density at radius 1 is 1.20 bits per heavy atom. The van der Waals surface area contributed by atoms with Crippen LogP contribution in [0.4, 0.5) is 20.2 Å². The monoisotopic (exact) mass is 278 g/mol. The molecule has 0 saturated heterocycles. The van der Waals surface area contributed by atoms with E-state index in [-0.39, 0.29) is 17.9 Å². The van der Waals surface area contributed by atoms with Gasteiger partial charge in [0.2, 0.25) is 0 Å². The number of halogens is 2. The van der Waals surface area contributed by atoms with E-state index in [9.17, 15) is 18.9 Å². The molecule has 1 N–H and O–H groups in total. The highest BCUT2D eigenvalue weighted by atomic mass is 19.1. The van der Waals surface area contributed by atoms with Gasteiger partial charge in [0.15, 0.2) is 5.82 Å². The quantitative estimate of drug-likeness (QED) is 0.683. The summed E-state index contributed by atoms with van der Waals surface area (Å²) >= 11 is 0. The third-order valence-corrected chi connectivity index (χ3v) is 2.85. The zero-order chi connectivity index (χ0) is 14.7. The Hall–Kier alpha value is -2.50. The van der Waals surface area contributed by atoms with Gasteiger partial charge in [0.1, 0.15) is 11.5 Å². The van der Waals surface area contributed by atoms with Crippen LogP contribution in [0, 0.1) is 28.7 Å². The second-order valence-electron chi connectivity index (χ2n) is 4.34. The normalized spacial score (nSPS) is 10.3. The van der Waals surface area contributed by atoms with Crippen molar-refractivity contribution in [2.75, 3.05) is 5.32 Å². The van der Waals surface area contributed by atoms with E-state index in [0.29, 0.717) is 5.56 Å². The minimum absolute atomic E-state index is 0.0325. The van der Waals surface area contributed by atoms with Gasteiger partial charge in [-0.05, 0) is 19.1 Å². The number of benzene rings is 2. The first kappa shape index (κ1) is 13.9. The number of nitro groups is 1. The van der Waals surface area contributed by atoms with E-state index in [1.165, 1.54) is 18.2 Å². The molecule has 0 aliphatic heterocycles. The Balaban J connectivity index is 2.27. The number of rotatable bonds is 4. The molecule has 0 unspecified atom stereocenters. The molecule has 20 heavy (non-hydrogen) atoms. The number of hydrogen-bond donors (Lipinski definition) is 1. The SMILES string of the molecule is Cc1ccc(F)c(CNc2c(F)cccc2[N+](=O)[O-])c1. The van der Waals surface area contributed by atoms with Crippen molar-refractivity contribution in [3.05, 3.63) is 69.3 Å². The number of hydrogen-bond acceptors (Lipinski definition) is 3. The summed E-state index contributed by atoms with van der Waals surface area (Å²) in [5.74, 6) is -1.19. The first-order chi connectivity index (χ1) is 9.49.